The molecule has 0 aliphatic carbocycles. The Hall–Kier alpha value is -3.90. The van der Waals surface area contributed by atoms with E-state index in [0.717, 1.165) is 24.0 Å². The molecule has 3 N–H and O–H groups in total. The smallest absolute Gasteiger partial charge is 0.257 e. The largest absolute Gasteiger partial charge is 0.384 e. The number of halogens is 1. The Balaban J connectivity index is 1.51. The number of nitrogens with one attached hydrogen (secondary N) is 1. The summed E-state index contributed by atoms with van der Waals surface area (Å²) < 4.78 is 1.75. The number of rotatable bonds is 6. The summed E-state index contributed by atoms with van der Waals surface area (Å²) in [4.78, 5) is 22.8. The number of anilines is 1. The molecule has 0 unspecified atom stereocenters. The molecule has 0 saturated heterocycles. The van der Waals surface area contributed by atoms with Crippen molar-refractivity contribution in [3.63, 3.8) is 0 Å². The molecular weight excluding hydrogens is 434 g/mol. The number of carbonyl (C=O) groups is 1. The van der Waals surface area contributed by atoms with Gasteiger partial charge in [-0.05, 0) is 54.8 Å². The van der Waals surface area contributed by atoms with Crippen LogP contribution in [0.25, 0.3) is 27.9 Å². The monoisotopic (exact) mass is 455 g/mol. The van der Waals surface area contributed by atoms with Crippen molar-refractivity contribution < 1.29 is 4.79 Å². The van der Waals surface area contributed by atoms with E-state index in [1.807, 2.05) is 54.6 Å². The number of fused-ring (bicyclic) bond motifs is 2. The van der Waals surface area contributed by atoms with Gasteiger partial charge in [0.1, 0.15) is 16.9 Å². The van der Waals surface area contributed by atoms with Crippen LogP contribution in [0, 0.1) is 0 Å². The molecule has 0 aliphatic heterocycles. The molecule has 1 amide bonds. The molecular formula is C26H22ClN5O. The maximum atomic E-state index is 13.2. The lowest BCUT2D eigenvalue weighted by atomic mass is 10.1. The van der Waals surface area contributed by atoms with E-state index in [4.69, 9.17) is 27.3 Å². The van der Waals surface area contributed by atoms with Gasteiger partial charge in [0.05, 0.1) is 11.0 Å². The summed E-state index contributed by atoms with van der Waals surface area (Å²) >= 11 is 6.07. The van der Waals surface area contributed by atoms with E-state index < -0.39 is 0 Å². The second kappa shape index (κ2) is 8.92. The van der Waals surface area contributed by atoms with Crippen molar-refractivity contribution in [3.05, 3.63) is 95.0 Å². The third-order valence-corrected chi connectivity index (χ3v) is 5.83. The van der Waals surface area contributed by atoms with Gasteiger partial charge in [0, 0.05) is 17.3 Å². The maximum Gasteiger partial charge on any atom is 0.257 e. The Kier molecular flexibility index (Phi) is 5.67. The highest BCUT2D eigenvalue weighted by Crippen LogP contribution is 2.31. The fourth-order valence-corrected chi connectivity index (χ4v) is 4.09. The molecule has 164 valence electrons. The highest BCUT2D eigenvalue weighted by molar-refractivity contribution is 6.30. The number of nitrogen functional groups attached to an aromatic ring is 1. The van der Waals surface area contributed by atoms with Crippen LogP contribution < -0.4 is 11.1 Å². The van der Waals surface area contributed by atoms with E-state index in [1.54, 1.807) is 16.7 Å². The molecule has 0 aliphatic rings. The molecule has 3 aromatic carbocycles. The van der Waals surface area contributed by atoms with E-state index in [9.17, 15) is 4.79 Å². The first-order valence-electron chi connectivity index (χ1n) is 10.8. The Bertz CT molecular complexity index is 1450. The van der Waals surface area contributed by atoms with Gasteiger partial charge >= 0.3 is 0 Å². The first kappa shape index (κ1) is 21.0. The zero-order valence-electron chi connectivity index (χ0n) is 17.8. The lowest BCUT2D eigenvalue weighted by molar-refractivity contribution is 0.0955. The Morgan fingerprint density at radius 2 is 1.58 bits per heavy atom. The van der Waals surface area contributed by atoms with E-state index in [-0.39, 0.29) is 5.91 Å². The summed E-state index contributed by atoms with van der Waals surface area (Å²) in [5.74, 6) is 0.0334. The summed E-state index contributed by atoms with van der Waals surface area (Å²) in [7, 11) is 0. The molecule has 0 atom stereocenters. The molecule has 2 heterocycles. The number of carbonyl (C=O) groups excluding carboxylic acids is 1. The Labute approximate surface area is 196 Å². The fraction of sp³-hybridized carbons (Fsp3) is 0.115. The average Bonchev–Trinajstić information content (AvgIpc) is 3.12. The van der Waals surface area contributed by atoms with E-state index in [1.165, 1.54) is 5.56 Å². The van der Waals surface area contributed by atoms with Crippen LogP contribution in [0.4, 0.5) is 5.82 Å². The predicted molar refractivity (Wildman–Crippen MR) is 133 cm³/mol. The standard InChI is InChI=1S/C26H22ClN5O/c27-18-12-14-19(15-13-18)32-24(28)22(23-25(32)31-21-11-5-4-10-20(21)30-23)26(33)29-16-6-9-17-7-2-1-3-8-17/h1-5,7-8,10-15H,6,9,16,28H2,(H,29,33). The van der Waals surface area contributed by atoms with Crippen LogP contribution in [0.2, 0.25) is 5.02 Å². The van der Waals surface area contributed by atoms with Crippen molar-refractivity contribution in [1.82, 2.24) is 19.9 Å². The highest BCUT2D eigenvalue weighted by atomic mass is 35.5. The molecule has 0 bridgehead atoms. The second-order valence-electron chi connectivity index (χ2n) is 7.80. The van der Waals surface area contributed by atoms with E-state index in [2.05, 4.69) is 17.4 Å². The molecule has 2 aromatic heterocycles. The van der Waals surface area contributed by atoms with Crippen molar-refractivity contribution in [2.45, 2.75) is 12.8 Å². The third kappa shape index (κ3) is 4.13. The number of nitrogens with zero attached hydrogens (tertiary/aromatic N) is 3. The van der Waals surface area contributed by atoms with Gasteiger partial charge in [-0.1, -0.05) is 54.1 Å². The molecule has 0 spiro atoms. The van der Waals surface area contributed by atoms with Crippen LogP contribution >= 0.6 is 11.6 Å². The first-order valence-corrected chi connectivity index (χ1v) is 11.1. The molecule has 0 radical (unpaired) electrons. The van der Waals surface area contributed by atoms with Gasteiger partial charge in [0.25, 0.3) is 5.91 Å². The van der Waals surface area contributed by atoms with Crippen LogP contribution in [0.5, 0.6) is 0 Å². The van der Waals surface area contributed by atoms with Crippen molar-refractivity contribution >= 4 is 45.5 Å². The number of aromatic nitrogens is 3. The minimum Gasteiger partial charge on any atom is -0.384 e. The van der Waals surface area contributed by atoms with Crippen LogP contribution in [-0.4, -0.2) is 27.0 Å². The average molecular weight is 456 g/mol. The van der Waals surface area contributed by atoms with E-state index >= 15 is 0 Å². The van der Waals surface area contributed by atoms with Crippen LogP contribution in [0.3, 0.4) is 0 Å². The number of hydrogen-bond donors (Lipinski definition) is 2. The topological polar surface area (TPSA) is 85.8 Å². The molecule has 5 rings (SSSR count). The minimum absolute atomic E-state index is 0.261. The SMILES string of the molecule is Nc1c(C(=O)NCCCc2ccccc2)c2nc3ccccc3nc2n1-c1ccc(Cl)cc1. The molecule has 6 nitrogen and oxygen atoms in total. The lowest BCUT2D eigenvalue weighted by Gasteiger charge is -2.08. The quantitative estimate of drug-likeness (QED) is 0.346. The number of para-hydroxylation sites is 2. The van der Waals surface area contributed by atoms with Crippen molar-refractivity contribution in [2.75, 3.05) is 12.3 Å². The number of benzene rings is 3. The first-order chi connectivity index (χ1) is 16.1. The summed E-state index contributed by atoms with van der Waals surface area (Å²) in [5.41, 5.74) is 11.3. The molecule has 0 saturated carbocycles. The predicted octanol–water partition coefficient (Wildman–Crippen LogP) is 5.17. The summed E-state index contributed by atoms with van der Waals surface area (Å²) in [5, 5.41) is 3.62. The van der Waals surface area contributed by atoms with Crippen LogP contribution in [-0.2, 0) is 6.42 Å². The van der Waals surface area contributed by atoms with Crippen molar-refractivity contribution in [1.29, 1.82) is 0 Å². The van der Waals surface area contributed by atoms with Crippen LogP contribution in [0.15, 0.2) is 78.9 Å². The number of hydrogen-bond acceptors (Lipinski definition) is 4. The Morgan fingerprint density at radius 3 is 2.30 bits per heavy atom. The zero-order valence-corrected chi connectivity index (χ0v) is 18.6. The van der Waals surface area contributed by atoms with Gasteiger partial charge in [0.2, 0.25) is 0 Å². The lowest BCUT2D eigenvalue weighted by Crippen LogP contribution is -2.25. The molecule has 5 aromatic rings. The normalized spacial score (nSPS) is 11.2. The summed E-state index contributed by atoms with van der Waals surface area (Å²) in [6, 6.07) is 25.0. The second-order valence-corrected chi connectivity index (χ2v) is 8.24. The summed E-state index contributed by atoms with van der Waals surface area (Å²) in [6.07, 6.45) is 1.70. The van der Waals surface area contributed by atoms with Crippen molar-refractivity contribution in [2.24, 2.45) is 0 Å². The number of amides is 1. The van der Waals surface area contributed by atoms with Gasteiger partial charge in [-0.25, -0.2) is 9.97 Å². The van der Waals surface area contributed by atoms with E-state index in [0.29, 0.717) is 39.6 Å². The molecule has 0 fully saturated rings. The number of nitrogens with two attached hydrogens (primary N) is 1. The van der Waals surface area contributed by atoms with Gasteiger partial charge in [-0.3, -0.25) is 9.36 Å². The van der Waals surface area contributed by atoms with Gasteiger partial charge < -0.3 is 11.1 Å². The van der Waals surface area contributed by atoms with Gasteiger partial charge in [0.15, 0.2) is 5.65 Å². The minimum atomic E-state index is -0.261. The van der Waals surface area contributed by atoms with Crippen molar-refractivity contribution in [3.8, 4) is 5.69 Å². The Morgan fingerprint density at radius 1 is 0.909 bits per heavy atom. The highest BCUT2D eigenvalue weighted by Gasteiger charge is 2.24. The zero-order chi connectivity index (χ0) is 22.8. The third-order valence-electron chi connectivity index (χ3n) is 5.58. The molecule has 7 heteroatoms. The molecule has 33 heavy (non-hydrogen) atoms. The van der Waals surface area contributed by atoms with Gasteiger partial charge in [-0.15, -0.1) is 0 Å². The van der Waals surface area contributed by atoms with Gasteiger partial charge in [-0.2, -0.15) is 0 Å². The summed E-state index contributed by atoms with van der Waals surface area (Å²) in [6.45, 7) is 0.530. The maximum absolute atomic E-state index is 13.2. The fourth-order valence-electron chi connectivity index (χ4n) is 3.96. The van der Waals surface area contributed by atoms with Crippen LogP contribution in [0.1, 0.15) is 22.3 Å². The number of aryl methyl sites for hydroxylation is 1.